The number of carbonyl (C=O) groups excluding carboxylic acids is 2. The fourth-order valence-electron chi connectivity index (χ4n) is 1.70. The summed E-state index contributed by atoms with van der Waals surface area (Å²) in [5.41, 5.74) is -0.420. The van der Waals surface area contributed by atoms with Gasteiger partial charge in [-0.2, -0.15) is 0 Å². The second-order valence-corrected chi connectivity index (χ2v) is 5.94. The Bertz CT molecular complexity index is 367. The van der Waals surface area contributed by atoms with E-state index in [4.69, 9.17) is 5.11 Å². The van der Waals surface area contributed by atoms with Crippen molar-refractivity contribution in [3.05, 3.63) is 0 Å². The normalized spacial score (nSPS) is 15.8. The molecule has 0 aliphatic carbocycles. The lowest BCUT2D eigenvalue weighted by atomic mass is 9.95. The van der Waals surface area contributed by atoms with Crippen molar-refractivity contribution in [1.82, 2.24) is 10.2 Å². The minimum absolute atomic E-state index is 0.0326. The Labute approximate surface area is 113 Å². The number of carbonyl (C=O) groups is 3. The Balaban J connectivity index is 2.13. The first kappa shape index (κ1) is 15.5. The number of hydrogen-bond donors (Lipinski definition) is 2. The zero-order valence-electron chi connectivity index (χ0n) is 11.7. The van der Waals surface area contributed by atoms with Gasteiger partial charge in [-0.25, -0.2) is 0 Å². The molecule has 0 radical (unpaired) electrons. The van der Waals surface area contributed by atoms with E-state index in [-0.39, 0.29) is 11.8 Å². The van der Waals surface area contributed by atoms with Crippen LogP contribution in [0.4, 0.5) is 0 Å². The molecule has 0 saturated carbocycles. The summed E-state index contributed by atoms with van der Waals surface area (Å²) in [6.45, 7) is 6.59. The third-order valence-electron chi connectivity index (χ3n) is 3.12. The Hall–Kier alpha value is -1.59. The van der Waals surface area contributed by atoms with E-state index in [1.54, 1.807) is 4.90 Å². The first-order valence-electron chi connectivity index (χ1n) is 6.50. The highest BCUT2D eigenvalue weighted by atomic mass is 16.4. The van der Waals surface area contributed by atoms with Gasteiger partial charge in [-0.3, -0.25) is 14.4 Å². The zero-order chi connectivity index (χ0) is 14.6. The average molecular weight is 270 g/mol. The minimum atomic E-state index is -0.846. The predicted octanol–water partition coefficient (Wildman–Crippen LogP) is 0.472. The molecule has 1 fully saturated rings. The first-order valence-corrected chi connectivity index (χ1v) is 6.50. The van der Waals surface area contributed by atoms with Crippen molar-refractivity contribution in [3.63, 3.8) is 0 Å². The lowest BCUT2D eigenvalue weighted by Crippen LogP contribution is -2.53. The van der Waals surface area contributed by atoms with Crippen LogP contribution in [-0.4, -0.2) is 47.4 Å². The summed E-state index contributed by atoms with van der Waals surface area (Å²) in [5, 5.41) is 11.5. The fourth-order valence-corrected chi connectivity index (χ4v) is 1.70. The molecule has 19 heavy (non-hydrogen) atoms. The van der Waals surface area contributed by atoms with Gasteiger partial charge in [0.15, 0.2) is 0 Å². The molecule has 2 amide bonds. The summed E-state index contributed by atoms with van der Waals surface area (Å²) in [6, 6.07) is 0. The summed E-state index contributed by atoms with van der Waals surface area (Å²) in [4.78, 5) is 35.4. The molecule has 108 valence electrons. The standard InChI is InChI=1S/C13H22N2O4/c1-13(2,3)12(19)14-6-4-5-10(16)15-7-9(8-15)11(17)18/h9H,4-8H2,1-3H3,(H,14,19)(H,17,18). The molecule has 0 bridgehead atoms. The number of hydrogen-bond acceptors (Lipinski definition) is 3. The minimum Gasteiger partial charge on any atom is -0.481 e. The second kappa shape index (κ2) is 6.04. The van der Waals surface area contributed by atoms with Gasteiger partial charge in [0.1, 0.15) is 0 Å². The molecule has 6 nitrogen and oxygen atoms in total. The predicted molar refractivity (Wildman–Crippen MR) is 69.4 cm³/mol. The summed E-state index contributed by atoms with van der Waals surface area (Å²) in [5.74, 6) is -1.33. The van der Waals surface area contributed by atoms with Crippen molar-refractivity contribution in [3.8, 4) is 0 Å². The number of rotatable bonds is 5. The maximum atomic E-state index is 11.7. The van der Waals surface area contributed by atoms with E-state index >= 15 is 0 Å². The summed E-state index contributed by atoms with van der Waals surface area (Å²) in [7, 11) is 0. The number of carboxylic acid groups (broad SMARTS) is 1. The molecule has 2 N–H and O–H groups in total. The van der Waals surface area contributed by atoms with E-state index in [9.17, 15) is 14.4 Å². The van der Waals surface area contributed by atoms with Crippen LogP contribution in [0.5, 0.6) is 0 Å². The van der Waals surface area contributed by atoms with Crippen molar-refractivity contribution < 1.29 is 19.5 Å². The Morgan fingerprint density at radius 2 is 1.84 bits per heavy atom. The van der Waals surface area contributed by atoms with Crippen LogP contribution in [0.25, 0.3) is 0 Å². The molecule has 1 aliphatic heterocycles. The van der Waals surface area contributed by atoms with Crippen molar-refractivity contribution in [2.75, 3.05) is 19.6 Å². The highest BCUT2D eigenvalue weighted by Gasteiger charge is 2.35. The third-order valence-corrected chi connectivity index (χ3v) is 3.12. The van der Waals surface area contributed by atoms with E-state index in [1.807, 2.05) is 20.8 Å². The molecule has 0 atom stereocenters. The molecule has 0 aromatic rings. The van der Waals surface area contributed by atoms with Crippen LogP contribution >= 0.6 is 0 Å². The van der Waals surface area contributed by atoms with Crippen molar-refractivity contribution >= 4 is 17.8 Å². The van der Waals surface area contributed by atoms with Crippen LogP contribution in [-0.2, 0) is 14.4 Å². The van der Waals surface area contributed by atoms with E-state index in [2.05, 4.69) is 5.32 Å². The molecule has 1 aliphatic rings. The monoisotopic (exact) mass is 270 g/mol. The molecule has 1 saturated heterocycles. The maximum absolute atomic E-state index is 11.7. The summed E-state index contributed by atoms with van der Waals surface area (Å²) >= 11 is 0. The molecule has 1 heterocycles. The molecule has 0 unspecified atom stereocenters. The smallest absolute Gasteiger partial charge is 0.310 e. The second-order valence-electron chi connectivity index (χ2n) is 5.94. The number of likely N-dealkylation sites (tertiary alicyclic amines) is 1. The summed E-state index contributed by atoms with van der Waals surface area (Å²) < 4.78 is 0. The maximum Gasteiger partial charge on any atom is 0.310 e. The molecule has 0 aromatic carbocycles. The lowest BCUT2D eigenvalue weighted by molar-refractivity contribution is -0.152. The SMILES string of the molecule is CC(C)(C)C(=O)NCCCC(=O)N1CC(C(=O)O)C1. The average Bonchev–Trinajstić information content (AvgIpc) is 2.19. The van der Waals surface area contributed by atoms with Gasteiger partial charge in [-0.15, -0.1) is 0 Å². The van der Waals surface area contributed by atoms with Gasteiger partial charge >= 0.3 is 5.97 Å². The van der Waals surface area contributed by atoms with Crippen molar-refractivity contribution in [2.24, 2.45) is 11.3 Å². The van der Waals surface area contributed by atoms with Crippen LogP contribution in [0, 0.1) is 11.3 Å². The molecule has 0 spiro atoms. The zero-order valence-corrected chi connectivity index (χ0v) is 11.7. The molecule has 0 aromatic heterocycles. The van der Waals surface area contributed by atoms with Gasteiger partial charge in [-0.05, 0) is 6.42 Å². The number of amides is 2. The fraction of sp³-hybridized carbons (Fsp3) is 0.769. The van der Waals surface area contributed by atoms with Crippen LogP contribution in [0.2, 0.25) is 0 Å². The van der Waals surface area contributed by atoms with E-state index in [1.165, 1.54) is 0 Å². The van der Waals surface area contributed by atoms with Crippen molar-refractivity contribution in [2.45, 2.75) is 33.6 Å². The van der Waals surface area contributed by atoms with Crippen molar-refractivity contribution in [1.29, 1.82) is 0 Å². The molecular weight excluding hydrogens is 248 g/mol. The quantitative estimate of drug-likeness (QED) is 0.711. The van der Waals surface area contributed by atoms with Gasteiger partial charge in [0.05, 0.1) is 5.92 Å². The van der Waals surface area contributed by atoms with Crippen LogP contribution in [0.15, 0.2) is 0 Å². The van der Waals surface area contributed by atoms with Crippen LogP contribution in [0.1, 0.15) is 33.6 Å². The van der Waals surface area contributed by atoms with E-state index < -0.39 is 17.3 Å². The number of carboxylic acids is 1. The number of nitrogens with one attached hydrogen (secondary N) is 1. The van der Waals surface area contributed by atoms with Gasteiger partial charge in [0.25, 0.3) is 0 Å². The van der Waals surface area contributed by atoms with Gasteiger partial charge in [-0.1, -0.05) is 20.8 Å². The third kappa shape index (κ3) is 4.54. The van der Waals surface area contributed by atoms with Crippen LogP contribution in [0.3, 0.4) is 0 Å². The van der Waals surface area contributed by atoms with Gasteiger partial charge in [0.2, 0.25) is 11.8 Å². The Morgan fingerprint density at radius 3 is 2.32 bits per heavy atom. The molecular formula is C13H22N2O4. The Morgan fingerprint density at radius 1 is 1.26 bits per heavy atom. The first-order chi connectivity index (χ1) is 8.71. The highest BCUT2D eigenvalue weighted by Crippen LogP contribution is 2.17. The van der Waals surface area contributed by atoms with Gasteiger partial charge < -0.3 is 15.3 Å². The van der Waals surface area contributed by atoms with Gasteiger partial charge in [0, 0.05) is 31.5 Å². The number of aliphatic carboxylic acids is 1. The Kier molecular flexibility index (Phi) is 4.91. The van der Waals surface area contributed by atoms with Crippen LogP contribution < -0.4 is 5.32 Å². The lowest BCUT2D eigenvalue weighted by Gasteiger charge is -2.36. The molecule has 1 rings (SSSR count). The number of nitrogens with zero attached hydrogens (tertiary/aromatic N) is 1. The van der Waals surface area contributed by atoms with E-state index in [0.717, 1.165) is 0 Å². The topological polar surface area (TPSA) is 86.7 Å². The highest BCUT2D eigenvalue weighted by molar-refractivity contribution is 5.82. The van der Waals surface area contributed by atoms with E-state index in [0.29, 0.717) is 32.5 Å². The largest absolute Gasteiger partial charge is 0.481 e. The summed E-state index contributed by atoms with van der Waals surface area (Å²) in [6.07, 6.45) is 0.922. The molecule has 6 heteroatoms.